The predicted molar refractivity (Wildman–Crippen MR) is 79.7 cm³/mol. The second-order valence-electron chi connectivity index (χ2n) is 4.84. The summed E-state index contributed by atoms with van der Waals surface area (Å²) in [5.74, 6) is -0.425. The molecule has 3 heteroatoms. The highest BCUT2D eigenvalue weighted by molar-refractivity contribution is 6.07. The van der Waals surface area contributed by atoms with E-state index in [0.29, 0.717) is 17.7 Å². The van der Waals surface area contributed by atoms with Crippen molar-refractivity contribution in [3.8, 4) is 0 Å². The number of rotatable bonds is 3. The van der Waals surface area contributed by atoms with Crippen LogP contribution in [0.2, 0.25) is 0 Å². The summed E-state index contributed by atoms with van der Waals surface area (Å²) in [7, 11) is 0. The fourth-order valence-corrected chi connectivity index (χ4v) is 2.18. The summed E-state index contributed by atoms with van der Waals surface area (Å²) in [6.45, 7) is 6.25. The first-order valence-corrected chi connectivity index (χ1v) is 6.67. The normalized spacial score (nSPS) is 10.4. The number of anilines is 1. The van der Waals surface area contributed by atoms with Crippen molar-refractivity contribution in [3.63, 3.8) is 0 Å². The molecular weight excluding hydrogens is 253 g/mol. The molecule has 0 saturated carbocycles. The van der Waals surface area contributed by atoms with Crippen LogP contribution in [-0.2, 0) is 0 Å². The molecule has 0 aliphatic carbocycles. The summed E-state index contributed by atoms with van der Waals surface area (Å²) in [4.78, 5) is 14.3. The Morgan fingerprint density at radius 2 is 1.75 bits per heavy atom. The van der Waals surface area contributed by atoms with E-state index in [9.17, 15) is 9.18 Å². The summed E-state index contributed by atoms with van der Waals surface area (Å²) in [6, 6.07) is 12.1. The standard InChI is InChI=1S/C17H18FNO/c1-4-19(15-8-5-12(2)6-9-15)17(20)16-10-7-14(18)11-13(16)3/h5-11H,4H2,1-3H3. The fourth-order valence-electron chi connectivity index (χ4n) is 2.18. The number of amides is 1. The molecule has 20 heavy (non-hydrogen) atoms. The largest absolute Gasteiger partial charge is 0.309 e. The number of aryl methyl sites for hydroxylation is 2. The fraction of sp³-hybridized carbons (Fsp3) is 0.235. The van der Waals surface area contributed by atoms with Gasteiger partial charge in [-0.15, -0.1) is 0 Å². The lowest BCUT2D eigenvalue weighted by molar-refractivity contribution is 0.0987. The molecule has 0 saturated heterocycles. The topological polar surface area (TPSA) is 20.3 Å². The molecule has 2 rings (SSSR count). The monoisotopic (exact) mass is 271 g/mol. The van der Waals surface area contributed by atoms with Gasteiger partial charge in [0.15, 0.2) is 0 Å². The highest BCUT2D eigenvalue weighted by Crippen LogP contribution is 2.20. The molecule has 0 unspecified atom stereocenters. The molecule has 0 aliphatic heterocycles. The molecular formula is C17H18FNO. The average molecular weight is 271 g/mol. The summed E-state index contributed by atoms with van der Waals surface area (Å²) >= 11 is 0. The third-order valence-electron chi connectivity index (χ3n) is 3.33. The van der Waals surface area contributed by atoms with Crippen molar-refractivity contribution >= 4 is 11.6 Å². The molecule has 0 atom stereocenters. The maximum Gasteiger partial charge on any atom is 0.258 e. The highest BCUT2D eigenvalue weighted by Gasteiger charge is 2.18. The van der Waals surface area contributed by atoms with Crippen molar-refractivity contribution in [2.24, 2.45) is 0 Å². The zero-order valence-corrected chi connectivity index (χ0v) is 12.0. The number of halogens is 1. The van der Waals surface area contributed by atoms with Crippen LogP contribution >= 0.6 is 0 Å². The van der Waals surface area contributed by atoms with Gasteiger partial charge in [-0.25, -0.2) is 4.39 Å². The smallest absolute Gasteiger partial charge is 0.258 e. The van der Waals surface area contributed by atoms with Gasteiger partial charge >= 0.3 is 0 Å². The number of nitrogens with zero attached hydrogens (tertiary/aromatic N) is 1. The van der Waals surface area contributed by atoms with Crippen molar-refractivity contribution in [2.75, 3.05) is 11.4 Å². The van der Waals surface area contributed by atoms with Gasteiger partial charge in [-0.3, -0.25) is 4.79 Å². The van der Waals surface area contributed by atoms with Crippen LogP contribution in [0.15, 0.2) is 42.5 Å². The molecule has 2 aromatic carbocycles. The highest BCUT2D eigenvalue weighted by atomic mass is 19.1. The Bertz CT molecular complexity index is 619. The Kier molecular flexibility index (Phi) is 4.18. The van der Waals surface area contributed by atoms with E-state index in [1.807, 2.05) is 38.1 Å². The second kappa shape index (κ2) is 5.87. The maximum atomic E-state index is 13.1. The summed E-state index contributed by atoms with van der Waals surface area (Å²) < 4.78 is 13.1. The first-order valence-electron chi connectivity index (χ1n) is 6.67. The van der Waals surface area contributed by atoms with Crippen LogP contribution in [0.5, 0.6) is 0 Å². The number of hydrogen-bond acceptors (Lipinski definition) is 1. The number of carbonyl (C=O) groups excluding carboxylic acids is 1. The van der Waals surface area contributed by atoms with Gasteiger partial charge in [0.05, 0.1) is 0 Å². The Morgan fingerprint density at radius 3 is 2.30 bits per heavy atom. The van der Waals surface area contributed by atoms with Crippen molar-refractivity contribution < 1.29 is 9.18 Å². The van der Waals surface area contributed by atoms with Crippen LogP contribution in [0.4, 0.5) is 10.1 Å². The van der Waals surface area contributed by atoms with Gasteiger partial charge in [0.25, 0.3) is 5.91 Å². The number of benzene rings is 2. The van der Waals surface area contributed by atoms with Crippen LogP contribution in [0.1, 0.15) is 28.4 Å². The first-order chi connectivity index (χ1) is 9.52. The second-order valence-corrected chi connectivity index (χ2v) is 4.84. The molecule has 2 aromatic rings. The van der Waals surface area contributed by atoms with Gasteiger partial charge in [-0.05, 0) is 56.7 Å². The average Bonchev–Trinajstić information content (AvgIpc) is 2.41. The molecule has 0 fully saturated rings. The van der Waals surface area contributed by atoms with Crippen LogP contribution in [0.25, 0.3) is 0 Å². The van der Waals surface area contributed by atoms with Gasteiger partial charge < -0.3 is 4.90 Å². The first kappa shape index (κ1) is 14.3. The summed E-state index contributed by atoms with van der Waals surface area (Å²) in [5, 5.41) is 0. The molecule has 0 heterocycles. The third kappa shape index (κ3) is 2.87. The molecule has 104 valence electrons. The SMILES string of the molecule is CCN(C(=O)c1ccc(F)cc1C)c1ccc(C)cc1. The molecule has 0 spiro atoms. The van der Waals surface area contributed by atoms with Crippen molar-refractivity contribution in [1.29, 1.82) is 0 Å². The number of hydrogen-bond donors (Lipinski definition) is 0. The van der Waals surface area contributed by atoms with Crippen molar-refractivity contribution in [2.45, 2.75) is 20.8 Å². The summed E-state index contributed by atoms with van der Waals surface area (Å²) in [5.41, 5.74) is 3.19. The molecule has 0 aromatic heterocycles. The minimum atomic E-state index is -0.322. The van der Waals surface area contributed by atoms with Gasteiger partial charge in [-0.2, -0.15) is 0 Å². The lowest BCUT2D eigenvalue weighted by Gasteiger charge is -2.22. The van der Waals surface area contributed by atoms with Crippen molar-refractivity contribution in [3.05, 3.63) is 65.0 Å². The van der Waals surface area contributed by atoms with E-state index in [-0.39, 0.29) is 11.7 Å². The van der Waals surface area contributed by atoms with Gasteiger partial charge in [-0.1, -0.05) is 17.7 Å². The maximum absolute atomic E-state index is 13.1. The Morgan fingerprint density at radius 1 is 1.10 bits per heavy atom. The molecule has 0 aliphatic rings. The zero-order chi connectivity index (χ0) is 14.7. The Hall–Kier alpha value is -2.16. The van der Waals surface area contributed by atoms with E-state index in [0.717, 1.165) is 11.3 Å². The molecule has 1 amide bonds. The van der Waals surface area contributed by atoms with Crippen LogP contribution in [0, 0.1) is 19.7 Å². The van der Waals surface area contributed by atoms with Crippen molar-refractivity contribution in [1.82, 2.24) is 0 Å². The van der Waals surface area contributed by atoms with E-state index < -0.39 is 0 Å². The lowest BCUT2D eigenvalue weighted by Crippen LogP contribution is -2.31. The van der Waals surface area contributed by atoms with Gasteiger partial charge in [0.1, 0.15) is 5.82 Å². The lowest BCUT2D eigenvalue weighted by atomic mass is 10.1. The zero-order valence-electron chi connectivity index (χ0n) is 12.0. The minimum Gasteiger partial charge on any atom is -0.309 e. The van der Waals surface area contributed by atoms with E-state index in [4.69, 9.17) is 0 Å². The van der Waals surface area contributed by atoms with E-state index in [1.54, 1.807) is 17.9 Å². The van der Waals surface area contributed by atoms with Gasteiger partial charge in [0.2, 0.25) is 0 Å². The third-order valence-corrected chi connectivity index (χ3v) is 3.33. The Labute approximate surface area is 118 Å². The van der Waals surface area contributed by atoms with E-state index >= 15 is 0 Å². The molecule has 0 radical (unpaired) electrons. The molecule has 2 nitrogen and oxygen atoms in total. The minimum absolute atomic E-state index is 0.103. The quantitative estimate of drug-likeness (QED) is 0.822. The molecule has 0 N–H and O–H groups in total. The van der Waals surface area contributed by atoms with E-state index in [2.05, 4.69) is 0 Å². The predicted octanol–water partition coefficient (Wildman–Crippen LogP) is 4.11. The van der Waals surface area contributed by atoms with Crippen LogP contribution in [0.3, 0.4) is 0 Å². The van der Waals surface area contributed by atoms with E-state index in [1.165, 1.54) is 12.1 Å². The number of carbonyl (C=O) groups is 1. The van der Waals surface area contributed by atoms with Crippen LogP contribution in [-0.4, -0.2) is 12.5 Å². The van der Waals surface area contributed by atoms with Crippen LogP contribution < -0.4 is 4.90 Å². The molecule has 0 bridgehead atoms. The van der Waals surface area contributed by atoms with Gasteiger partial charge in [0, 0.05) is 17.8 Å². The summed E-state index contributed by atoms with van der Waals surface area (Å²) in [6.07, 6.45) is 0. The Balaban J connectivity index is 2.36.